The van der Waals surface area contributed by atoms with E-state index in [1.807, 2.05) is 19.1 Å². The molecule has 4 aliphatic rings. The van der Waals surface area contributed by atoms with Crippen LogP contribution in [0.4, 0.5) is 5.69 Å². The fraction of sp³-hybridized carbons (Fsp3) is 0.383. The van der Waals surface area contributed by atoms with Gasteiger partial charge in [0.05, 0.1) is 53.2 Å². The van der Waals surface area contributed by atoms with Crippen molar-refractivity contribution in [1.82, 2.24) is 5.32 Å². The first-order valence-electron chi connectivity index (χ1n) is 25.6. The van der Waals surface area contributed by atoms with Gasteiger partial charge in [-0.05, 0) is 146 Å². The molecule has 4 saturated carbocycles. The predicted octanol–water partition coefficient (Wildman–Crippen LogP) is 9.30. The molecule has 404 valence electrons. The van der Waals surface area contributed by atoms with Crippen LogP contribution in [-0.4, -0.2) is 98.1 Å². The van der Waals surface area contributed by atoms with E-state index in [0.717, 1.165) is 37.7 Å². The Morgan fingerprint density at radius 2 is 1.05 bits per heavy atom. The molecular weight excluding hydrogens is 989 g/mol. The summed E-state index contributed by atoms with van der Waals surface area (Å²) < 4.78 is 33.7. The number of aryl methyl sites for hydroxylation is 1. The third-order valence-corrected chi connectivity index (χ3v) is 14.2. The highest BCUT2D eigenvalue weighted by molar-refractivity contribution is 6.16. The van der Waals surface area contributed by atoms with E-state index in [1.165, 1.54) is 81.6 Å². The molecule has 4 fully saturated rings. The molecular formula is C60H64N2O15. The van der Waals surface area contributed by atoms with E-state index >= 15 is 0 Å². The average Bonchev–Trinajstić information content (AvgIpc) is 3.43. The first kappa shape index (κ1) is 56.5. The highest BCUT2D eigenvalue weighted by Gasteiger charge is 2.60. The van der Waals surface area contributed by atoms with Crippen LogP contribution in [0.15, 0.2) is 109 Å². The summed E-state index contributed by atoms with van der Waals surface area (Å²) in [6.45, 7) is 15.2. The molecule has 4 aliphatic carbocycles. The number of rotatable bonds is 22. The van der Waals surface area contributed by atoms with Gasteiger partial charge >= 0.3 is 35.8 Å². The van der Waals surface area contributed by atoms with Crippen LogP contribution in [0, 0.1) is 24.2 Å². The summed E-state index contributed by atoms with van der Waals surface area (Å²) in [6, 6.07) is 20.8. The lowest BCUT2D eigenvalue weighted by molar-refractivity contribution is -0.177. The summed E-state index contributed by atoms with van der Waals surface area (Å²) in [4.78, 5) is 119. The van der Waals surface area contributed by atoms with Gasteiger partial charge in [-0.25, -0.2) is 28.8 Å². The number of ketones is 1. The molecule has 0 aromatic heterocycles. The van der Waals surface area contributed by atoms with Gasteiger partial charge in [-0.1, -0.05) is 43.0 Å². The maximum absolute atomic E-state index is 14.2. The molecule has 0 radical (unpaired) electrons. The molecule has 8 rings (SSSR count). The van der Waals surface area contributed by atoms with E-state index < -0.39 is 65.3 Å². The molecule has 17 heteroatoms. The fourth-order valence-corrected chi connectivity index (χ4v) is 10.7. The van der Waals surface area contributed by atoms with Crippen LogP contribution >= 0.6 is 0 Å². The van der Waals surface area contributed by atoms with Crippen LogP contribution in [0.5, 0.6) is 0 Å². The molecule has 4 bridgehead atoms. The molecule has 0 aliphatic heterocycles. The van der Waals surface area contributed by atoms with Gasteiger partial charge in [0.25, 0.3) is 11.8 Å². The summed E-state index contributed by atoms with van der Waals surface area (Å²) in [5.41, 5.74) is 0.467. The highest BCUT2D eigenvalue weighted by atomic mass is 16.6. The molecule has 4 aromatic carbocycles. The Morgan fingerprint density at radius 3 is 1.55 bits per heavy atom. The number of hydrogen-bond donors (Lipinski definition) is 2. The Balaban J connectivity index is 1.06. The van der Waals surface area contributed by atoms with Crippen molar-refractivity contribution in [3.63, 3.8) is 0 Å². The number of carbonyl (C=O) groups is 9. The van der Waals surface area contributed by atoms with Crippen molar-refractivity contribution >= 4 is 59.1 Å². The Bertz CT molecular complexity index is 3000. The van der Waals surface area contributed by atoms with E-state index in [9.17, 15) is 43.2 Å². The largest absolute Gasteiger partial charge is 0.462 e. The topological polar surface area (TPSA) is 233 Å². The van der Waals surface area contributed by atoms with Gasteiger partial charge in [0.1, 0.15) is 17.8 Å². The summed E-state index contributed by atoms with van der Waals surface area (Å²) in [6.07, 6.45) is 3.87. The lowest BCUT2D eigenvalue weighted by Crippen LogP contribution is -2.58. The van der Waals surface area contributed by atoms with E-state index in [4.69, 9.17) is 28.4 Å². The van der Waals surface area contributed by atoms with E-state index in [0.29, 0.717) is 23.8 Å². The van der Waals surface area contributed by atoms with Gasteiger partial charge in [-0.2, -0.15) is 0 Å². The van der Waals surface area contributed by atoms with Crippen LogP contribution in [0.25, 0.3) is 0 Å². The van der Waals surface area contributed by atoms with Crippen molar-refractivity contribution in [2.75, 3.05) is 32.2 Å². The Labute approximate surface area is 447 Å². The molecule has 17 nitrogen and oxygen atoms in total. The average molecular weight is 1050 g/mol. The lowest BCUT2D eigenvalue weighted by Gasteiger charge is -2.60. The third-order valence-electron chi connectivity index (χ3n) is 14.2. The number of esters is 6. The Morgan fingerprint density at radius 1 is 0.584 bits per heavy atom. The maximum Gasteiger partial charge on any atom is 0.338 e. The quantitative estimate of drug-likeness (QED) is 0.0323. The minimum atomic E-state index is -0.922. The molecule has 4 aromatic rings. The van der Waals surface area contributed by atoms with Crippen LogP contribution < -0.4 is 10.6 Å². The normalized spacial score (nSPS) is 19.6. The molecule has 77 heavy (non-hydrogen) atoms. The number of hydrogen-bond acceptors (Lipinski definition) is 15. The zero-order valence-corrected chi connectivity index (χ0v) is 44.2. The van der Waals surface area contributed by atoms with E-state index in [2.05, 4.69) is 23.8 Å². The molecule has 4 unspecified atom stereocenters. The Hall–Kier alpha value is -8.21. The zero-order valence-electron chi connectivity index (χ0n) is 44.2. The van der Waals surface area contributed by atoms with Crippen LogP contribution in [-0.2, 0) is 38.0 Å². The standard InChI is InChI=1S/C60H64N2O15/c1-34(2)53(66)75-37(6)21-23-72-57(70)46-19-15-43(26-48(46)51(64)61-8)50(63)44-16-20-47(58(71)73-24-22-38(7)76-54(67)35(3)4)49(27-44)52(65)62-45-17-13-42(14-18-45)56(69)77-60-30-39-25-40(31-60)29-59(28-39,32-60)33-74-55(68)41-11-9-36(5)10-12-41/h9-20,26-27,37-40H,1,3,21-25,28-33H2,2,4-8H3,(H,61,64)(H,62,65). The van der Waals surface area contributed by atoms with E-state index in [1.54, 1.807) is 26.0 Å². The summed E-state index contributed by atoms with van der Waals surface area (Å²) in [5.74, 6) is -5.45. The van der Waals surface area contributed by atoms with Crippen LogP contribution in [0.2, 0.25) is 0 Å². The van der Waals surface area contributed by atoms with Crippen molar-refractivity contribution in [3.05, 3.63) is 159 Å². The number of carbonyl (C=O) groups excluding carboxylic acids is 9. The molecule has 0 saturated heterocycles. The maximum atomic E-state index is 14.2. The lowest BCUT2D eigenvalue weighted by atomic mass is 9.48. The van der Waals surface area contributed by atoms with Crippen molar-refractivity contribution in [2.45, 2.75) is 104 Å². The minimum absolute atomic E-state index is 0.0480. The third kappa shape index (κ3) is 14.0. The van der Waals surface area contributed by atoms with E-state index in [-0.39, 0.29) is 99.8 Å². The van der Waals surface area contributed by atoms with Crippen LogP contribution in [0.1, 0.15) is 163 Å². The molecule has 0 spiro atoms. The van der Waals surface area contributed by atoms with Gasteiger partial charge in [0.15, 0.2) is 5.78 Å². The second-order valence-electron chi connectivity index (χ2n) is 20.8. The SMILES string of the molecule is C=C(C)C(=O)OC(C)CCOC(=O)c1ccc(C(=O)c2ccc(C(=O)OCCC(C)OC(=O)C(=C)C)c(C(=O)Nc3ccc(C(=O)OC45CC6CC(CC(COC(=O)c7ccc(C)cc7)(C6)C4)C5)cc3)c2)cc1C(=O)NC. The smallest absolute Gasteiger partial charge is 0.338 e. The first-order chi connectivity index (χ1) is 36.6. The van der Waals surface area contributed by atoms with Crippen molar-refractivity contribution in [3.8, 4) is 0 Å². The first-order valence-corrected chi connectivity index (χ1v) is 25.6. The van der Waals surface area contributed by atoms with Crippen molar-refractivity contribution in [2.24, 2.45) is 17.3 Å². The number of nitrogens with one attached hydrogen (secondary N) is 2. The van der Waals surface area contributed by atoms with Crippen molar-refractivity contribution in [1.29, 1.82) is 0 Å². The number of ether oxygens (including phenoxy) is 6. The monoisotopic (exact) mass is 1050 g/mol. The molecule has 4 atom stereocenters. The fourth-order valence-electron chi connectivity index (χ4n) is 10.7. The molecule has 2 amide bonds. The second-order valence-corrected chi connectivity index (χ2v) is 20.8. The molecule has 0 heterocycles. The minimum Gasteiger partial charge on any atom is -0.462 e. The Kier molecular flexibility index (Phi) is 17.8. The highest BCUT2D eigenvalue weighted by Crippen LogP contribution is 2.63. The van der Waals surface area contributed by atoms with Gasteiger partial charge in [-0.3, -0.25) is 14.4 Å². The predicted molar refractivity (Wildman–Crippen MR) is 281 cm³/mol. The van der Waals surface area contributed by atoms with Gasteiger partial charge < -0.3 is 39.1 Å². The summed E-state index contributed by atoms with van der Waals surface area (Å²) in [7, 11) is 1.34. The number of anilines is 1. The van der Waals surface area contributed by atoms with Gasteiger partial charge in [-0.15, -0.1) is 0 Å². The zero-order chi connectivity index (χ0) is 55.8. The van der Waals surface area contributed by atoms with Gasteiger partial charge in [0.2, 0.25) is 0 Å². The van der Waals surface area contributed by atoms with Crippen molar-refractivity contribution < 1.29 is 71.6 Å². The number of benzene rings is 4. The van der Waals surface area contributed by atoms with Crippen LogP contribution in [0.3, 0.4) is 0 Å². The second kappa shape index (κ2) is 24.2. The molecule has 2 N–H and O–H groups in total. The van der Waals surface area contributed by atoms with Gasteiger partial charge in [0, 0.05) is 53.3 Å². The summed E-state index contributed by atoms with van der Waals surface area (Å²) >= 11 is 0. The number of amides is 2. The summed E-state index contributed by atoms with van der Waals surface area (Å²) in [5, 5.41) is 5.19.